The van der Waals surface area contributed by atoms with Gasteiger partial charge >= 0.3 is 5.97 Å². The average molecular weight is 402 g/mol. The molecule has 1 aromatic heterocycles. The lowest BCUT2D eigenvalue weighted by Gasteiger charge is -2.10. The second-order valence-corrected chi connectivity index (χ2v) is 6.83. The molecule has 0 aliphatic heterocycles. The molecule has 0 fully saturated rings. The highest BCUT2D eigenvalue weighted by atomic mass is 35.5. The van der Waals surface area contributed by atoms with Gasteiger partial charge < -0.3 is 14.6 Å². The molecule has 138 valence electrons. The van der Waals surface area contributed by atoms with E-state index < -0.39 is 5.97 Å². The minimum absolute atomic E-state index is 0.261. The van der Waals surface area contributed by atoms with Crippen LogP contribution >= 0.6 is 22.9 Å². The molecule has 27 heavy (non-hydrogen) atoms. The number of hydrogen-bond acceptors (Lipinski definition) is 5. The van der Waals surface area contributed by atoms with Crippen LogP contribution in [0.15, 0.2) is 53.9 Å². The number of halogens is 1. The van der Waals surface area contributed by atoms with E-state index in [2.05, 4.69) is 4.98 Å². The van der Waals surface area contributed by atoms with Crippen LogP contribution in [0, 0.1) is 0 Å². The molecule has 0 unspecified atom stereocenters. The van der Waals surface area contributed by atoms with Crippen LogP contribution in [-0.2, 0) is 11.4 Å². The molecule has 0 atom stereocenters. The Morgan fingerprint density at radius 3 is 2.81 bits per heavy atom. The summed E-state index contributed by atoms with van der Waals surface area (Å²) in [6.45, 7) is 0.261. The minimum Gasteiger partial charge on any atom is -0.493 e. The third-order valence-electron chi connectivity index (χ3n) is 3.66. The third-order valence-corrected chi connectivity index (χ3v) is 4.81. The molecular weight excluding hydrogens is 386 g/mol. The topological polar surface area (TPSA) is 68.7 Å². The SMILES string of the molecule is COc1ccc(/C=C/C(=O)O)cc1OCc1nc(-c2ccccc2Cl)cs1. The first kappa shape index (κ1) is 18.9. The molecule has 1 heterocycles. The summed E-state index contributed by atoms with van der Waals surface area (Å²) in [5, 5.41) is 12.1. The van der Waals surface area contributed by atoms with Gasteiger partial charge in [-0.25, -0.2) is 9.78 Å². The highest BCUT2D eigenvalue weighted by molar-refractivity contribution is 7.09. The fourth-order valence-electron chi connectivity index (χ4n) is 2.39. The van der Waals surface area contributed by atoms with Crippen LogP contribution < -0.4 is 9.47 Å². The number of carboxylic acids is 1. The second kappa shape index (κ2) is 8.70. The lowest BCUT2D eigenvalue weighted by molar-refractivity contribution is -0.131. The Labute approximate surface area is 165 Å². The van der Waals surface area contributed by atoms with Gasteiger partial charge in [-0.3, -0.25) is 0 Å². The van der Waals surface area contributed by atoms with Crippen LogP contribution in [0.4, 0.5) is 0 Å². The fourth-order valence-corrected chi connectivity index (χ4v) is 3.32. The summed E-state index contributed by atoms with van der Waals surface area (Å²) in [5.74, 6) is 0.0630. The van der Waals surface area contributed by atoms with Crippen molar-refractivity contribution in [1.29, 1.82) is 0 Å². The Morgan fingerprint density at radius 1 is 1.26 bits per heavy atom. The van der Waals surface area contributed by atoms with Crippen molar-refractivity contribution in [3.63, 3.8) is 0 Å². The first-order valence-corrected chi connectivity index (χ1v) is 9.23. The highest BCUT2D eigenvalue weighted by Crippen LogP contribution is 2.31. The van der Waals surface area contributed by atoms with Crippen molar-refractivity contribution in [3.8, 4) is 22.8 Å². The Kier molecular flexibility index (Phi) is 6.11. The van der Waals surface area contributed by atoms with Crippen LogP contribution in [0.1, 0.15) is 10.6 Å². The van der Waals surface area contributed by atoms with E-state index in [1.54, 1.807) is 25.3 Å². The molecule has 0 aliphatic carbocycles. The summed E-state index contributed by atoms with van der Waals surface area (Å²) in [5.41, 5.74) is 2.37. The van der Waals surface area contributed by atoms with Gasteiger partial charge in [-0.15, -0.1) is 11.3 Å². The molecule has 5 nitrogen and oxygen atoms in total. The van der Waals surface area contributed by atoms with E-state index >= 15 is 0 Å². The van der Waals surface area contributed by atoms with Gasteiger partial charge in [-0.1, -0.05) is 35.9 Å². The molecule has 0 amide bonds. The van der Waals surface area contributed by atoms with E-state index in [1.807, 2.05) is 29.6 Å². The largest absolute Gasteiger partial charge is 0.493 e. The quantitative estimate of drug-likeness (QED) is 0.554. The molecule has 7 heteroatoms. The predicted molar refractivity (Wildman–Crippen MR) is 107 cm³/mol. The van der Waals surface area contributed by atoms with Crippen molar-refractivity contribution in [1.82, 2.24) is 4.98 Å². The van der Waals surface area contributed by atoms with Crippen LogP contribution in [-0.4, -0.2) is 23.2 Å². The summed E-state index contributed by atoms with van der Waals surface area (Å²) in [6, 6.07) is 12.7. The summed E-state index contributed by atoms with van der Waals surface area (Å²) in [6.07, 6.45) is 2.57. The van der Waals surface area contributed by atoms with E-state index in [1.165, 1.54) is 17.4 Å². The Morgan fingerprint density at radius 2 is 2.07 bits per heavy atom. The summed E-state index contributed by atoms with van der Waals surface area (Å²) >= 11 is 7.70. The molecule has 0 bridgehead atoms. The number of benzene rings is 2. The van der Waals surface area contributed by atoms with Crippen LogP contribution in [0.25, 0.3) is 17.3 Å². The van der Waals surface area contributed by atoms with Crippen molar-refractivity contribution >= 4 is 35.0 Å². The van der Waals surface area contributed by atoms with E-state index in [9.17, 15) is 4.79 Å². The summed E-state index contributed by atoms with van der Waals surface area (Å²) in [4.78, 5) is 15.2. The number of ether oxygens (including phenoxy) is 2. The number of aromatic nitrogens is 1. The maximum atomic E-state index is 10.7. The summed E-state index contributed by atoms with van der Waals surface area (Å²) in [7, 11) is 1.55. The molecule has 2 aromatic carbocycles. The normalized spacial score (nSPS) is 10.9. The highest BCUT2D eigenvalue weighted by Gasteiger charge is 2.10. The van der Waals surface area contributed by atoms with Gasteiger partial charge in [-0.05, 0) is 29.8 Å². The van der Waals surface area contributed by atoms with Crippen molar-refractivity contribution < 1.29 is 19.4 Å². The Balaban J connectivity index is 1.76. The number of aliphatic carboxylic acids is 1. The third kappa shape index (κ3) is 4.87. The van der Waals surface area contributed by atoms with Crippen molar-refractivity contribution in [3.05, 3.63) is 69.5 Å². The first-order chi connectivity index (χ1) is 13.1. The van der Waals surface area contributed by atoms with Gasteiger partial charge in [0.15, 0.2) is 11.5 Å². The maximum absolute atomic E-state index is 10.7. The van der Waals surface area contributed by atoms with E-state index in [4.69, 9.17) is 26.2 Å². The molecule has 1 N–H and O–H groups in total. The molecular formula is C20H16ClNO4S. The zero-order valence-corrected chi connectivity index (χ0v) is 16.0. The van der Waals surface area contributed by atoms with Crippen LogP contribution in [0.5, 0.6) is 11.5 Å². The lowest BCUT2D eigenvalue weighted by Crippen LogP contribution is -1.98. The van der Waals surface area contributed by atoms with E-state index in [-0.39, 0.29) is 6.61 Å². The predicted octanol–water partition coefficient (Wildman–Crippen LogP) is 5.15. The average Bonchev–Trinajstić information content (AvgIpc) is 3.14. The number of carboxylic acid groups (broad SMARTS) is 1. The van der Waals surface area contributed by atoms with Crippen molar-refractivity contribution in [2.45, 2.75) is 6.61 Å². The van der Waals surface area contributed by atoms with Gasteiger partial charge in [0.2, 0.25) is 0 Å². The lowest BCUT2D eigenvalue weighted by atomic mass is 10.2. The Hall–Kier alpha value is -2.83. The van der Waals surface area contributed by atoms with E-state index in [0.29, 0.717) is 22.1 Å². The molecule has 0 aliphatic rings. The molecule has 0 spiro atoms. The molecule has 0 saturated carbocycles. The van der Waals surface area contributed by atoms with Gasteiger partial charge in [0.1, 0.15) is 11.6 Å². The number of thiazole rings is 1. The van der Waals surface area contributed by atoms with Gasteiger partial charge in [0.05, 0.1) is 12.8 Å². The number of carbonyl (C=O) groups is 1. The minimum atomic E-state index is -1.01. The zero-order valence-electron chi connectivity index (χ0n) is 14.4. The van der Waals surface area contributed by atoms with Gasteiger partial charge in [0.25, 0.3) is 0 Å². The number of nitrogens with zero attached hydrogens (tertiary/aromatic N) is 1. The monoisotopic (exact) mass is 401 g/mol. The second-order valence-electron chi connectivity index (χ2n) is 5.48. The molecule has 3 aromatic rings. The zero-order chi connectivity index (χ0) is 19.2. The number of methoxy groups -OCH3 is 1. The van der Waals surface area contributed by atoms with Crippen molar-refractivity contribution in [2.24, 2.45) is 0 Å². The van der Waals surface area contributed by atoms with Gasteiger partial charge in [0, 0.05) is 22.0 Å². The van der Waals surface area contributed by atoms with Crippen LogP contribution in [0.2, 0.25) is 5.02 Å². The van der Waals surface area contributed by atoms with Crippen molar-refractivity contribution in [2.75, 3.05) is 7.11 Å². The molecule has 0 saturated heterocycles. The maximum Gasteiger partial charge on any atom is 0.328 e. The molecule has 0 radical (unpaired) electrons. The fraction of sp³-hybridized carbons (Fsp3) is 0.100. The standard InChI is InChI=1S/C20H16ClNO4S/c1-25-17-8-6-13(7-9-20(23)24)10-18(17)26-11-19-22-16(12-27-19)14-4-2-3-5-15(14)21/h2-10,12H,11H2,1H3,(H,23,24)/b9-7+. The van der Waals surface area contributed by atoms with E-state index in [0.717, 1.165) is 22.3 Å². The first-order valence-electron chi connectivity index (χ1n) is 7.98. The van der Waals surface area contributed by atoms with Gasteiger partial charge in [-0.2, -0.15) is 0 Å². The number of hydrogen-bond donors (Lipinski definition) is 1. The number of rotatable bonds is 7. The molecule has 3 rings (SSSR count). The Bertz CT molecular complexity index is 984. The smallest absolute Gasteiger partial charge is 0.328 e. The summed E-state index contributed by atoms with van der Waals surface area (Å²) < 4.78 is 11.2. The van der Waals surface area contributed by atoms with Crippen LogP contribution in [0.3, 0.4) is 0 Å².